The van der Waals surface area contributed by atoms with E-state index in [9.17, 15) is 0 Å². The Bertz CT molecular complexity index is 353. The van der Waals surface area contributed by atoms with Crippen LogP contribution in [0.1, 0.15) is 31.2 Å². The predicted octanol–water partition coefficient (Wildman–Crippen LogP) is 3.46. The highest BCUT2D eigenvalue weighted by Gasteiger charge is 2.20. The molecule has 1 aliphatic rings. The number of hydrogen-bond donors (Lipinski definition) is 1. The Morgan fingerprint density at radius 3 is 3.00 bits per heavy atom. The van der Waals surface area contributed by atoms with E-state index in [0.29, 0.717) is 6.04 Å². The summed E-state index contributed by atoms with van der Waals surface area (Å²) >= 11 is 5.27. The van der Waals surface area contributed by atoms with Crippen LogP contribution in [0.15, 0.2) is 15.2 Å². The molecule has 2 rings (SSSR count). The zero-order valence-corrected chi connectivity index (χ0v) is 12.8. The van der Waals surface area contributed by atoms with Crippen LogP contribution in [-0.4, -0.2) is 24.5 Å². The van der Waals surface area contributed by atoms with Crippen LogP contribution in [-0.2, 0) is 6.54 Å². The zero-order chi connectivity index (χ0) is 12.3. The molecule has 96 valence electrons. The number of nitrogens with two attached hydrogens (primary N) is 1. The van der Waals surface area contributed by atoms with Crippen molar-refractivity contribution in [3.05, 3.63) is 20.8 Å². The van der Waals surface area contributed by atoms with Gasteiger partial charge >= 0.3 is 0 Å². The van der Waals surface area contributed by atoms with E-state index in [2.05, 4.69) is 39.3 Å². The second-order valence-corrected chi connectivity index (χ2v) is 7.54. The minimum Gasteiger partial charge on any atom is -0.328 e. The van der Waals surface area contributed by atoms with Crippen molar-refractivity contribution in [1.29, 1.82) is 0 Å². The van der Waals surface area contributed by atoms with E-state index in [-0.39, 0.29) is 0 Å². The highest BCUT2D eigenvalue weighted by Crippen LogP contribution is 2.25. The Morgan fingerprint density at radius 2 is 2.35 bits per heavy atom. The molecule has 2 unspecified atom stereocenters. The first-order valence-corrected chi connectivity index (χ1v) is 7.98. The molecule has 0 aliphatic heterocycles. The number of hydrogen-bond acceptors (Lipinski definition) is 3. The van der Waals surface area contributed by atoms with E-state index in [1.807, 2.05) is 0 Å². The summed E-state index contributed by atoms with van der Waals surface area (Å²) in [6.07, 6.45) is 5.09. The van der Waals surface area contributed by atoms with Crippen molar-refractivity contribution in [2.75, 3.05) is 13.6 Å². The van der Waals surface area contributed by atoms with Gasteiger partial charge in [-0.1, -0.05) is 6.42 Å². The molecule has 1 heterocycles. The summed E-state index contributed by atoms with van der Waals surface area (Å²) in [5, 5.41) is 2.23. The molecule has 1 fully saturated rings. The third kappa shape index (κ3) is 4.36. The maximum atomic E-state index is 6.03. The summed E-state index contributed by atoms with van der Waals surface area (Å²) in [7, 11) is 2.21. The van der Waals surface area contributed by atoms with Gasteiger partial charge in [0.15, 0.2) is 0 Å². The number of rotatable bonds is 4. The molecular weight excluding hydrogens is 296 g/mol. The lowest BCUT2D eigenvalue weighted by molar-refractivity contribution is 0.216. The van der Waals surface area contributed by atoms with Gasteiger partial charge in [0, 0.05) is 19.1 Å². The molecule has 1 aromatic heterocycles. The molecule has 2 atom stereocenters. The van der Waals surface area contributed by atoms with Gasteiger partial charge in [0.1, 0.15) is 0 Å². The van der Waals surface area contributed by atoms with Crippen molar-refractivity contribution in [3.63, 3.8) is 0 Å². The molecule has 4 heteroatoms. The second kappa shape index (κ2) is 6.32. The molecule has 0 bridgehead atoms. The van der Waals surface area contributed by atoms with Crippen molar-refractivity contribution in [3.8, 4) is 0 Å². The second-order valence-electron chi connectivity index (χ2n) is 5.25. The Balaban J connectivity index is 1.78. The molecule has 2 nitrogen and oxygen atoms in total. The van der Waals surface area contributed by atoms with Crippen LogP contribution in [0.2, 0.25) is 0 Å². The van der Waals surface area contributed by atoms with Crippen molar-refractivity contribution in [2.24, 2.45) is 11.7 Å². The average molecular weight is 317 g/mol. The normalized spacial score (nSPS) is 25.4. The van der Waals surface area contributed by atoms with Gasteiger partial charge in [0.25, 0.3) is 0 Å². The topological polar surface area (TPSA) is 29.3 Å². The van der Waals surface area contributed by atoms with Gasteiger partial charge in [-0.2, -0.15) is 0 Å². The lowest BCUT2D eigenvalue weighted by Crippen LogP contribution is -2.34. The van der Waals surface area contributed by atoms with E-state index >= 15 is 0 Å². The maximum Gasteiger partial charge on any atom is 0.0701 e. The highest BCUT2D eigenvalue weighted by atomic mass is 79.9. The lowest BCUT2D eigenvalue weighted by atomic mass is 9.86. The molecule has 17 heavy (non-hydrogen) atoms. The summed E-state index contributed by atoms with van der Waals surface area (Å²) in [5.41, 5.74) is 7.44. The van der Waals surface area contributed by atoms with E-state index < -0.39 is 0 Å². The van der Waals surface area contributed by atoms with Crippen LogP contribution in [0.25, 0.3) is 0 Å². The first-order chi connectivity index (χ1) is 8.13. The fourth-order valence-corrected chi connectivity index (χ4v) is 3.94. The van der Waals surface area contributed by atoms with Crippen LogP contribution in [0.3, 0.4) is 0 Å². The molecule has 1 saturated carbocycles. The molecule has 2 N–H and O–H groups in total. The first-order valence-electron chi connectivity index (χ1n) is 6.30. The zero-order valence-electron chi connectivity index (χ0n) is 10.4. The standard InChI is InChI=1S/C13H21BrN2S/c1-16(8-11-6-13(14)17-9-11)7-10-3-2-4-12(15)5-10/h6,9-10,12H,2-5,7-8,15H2,1H3. The van der Waals surface area contributed by atoms with Gasteiger partial charge in [-0.25, -0.2) is 0 Å². The third-order valence-corrected chi connectivity index (χ3v) is 5.02. The first kappa shape index (κ1) is 13.5. The largest absolute Gasteiger partial charge is 0.328 e. The lowest BCUT2D eigenvalue weighted by Gasteiger charge is -2.30. The SMILES string of the molecule is CN(Cc1csc(Br)c1)CC1CCCC(N)C1. The third-order valence-electron chi connectivity index (χ3n) is 3.47. The van der Waals surface area contributed by atoms with E-state index in [0.717, 1.165) is 12.5 Å². The van der Waals surface area contributed by atoms with Crippen molar-refractivity contribution in [1.82, 2.24) is 4.90 Å². The minimum atomic E-state index is 0.442. The van der Waals surface area contributed by atoms with Gasteiger partial charge in [0.2, 0.25) is 0 Å². The monoisotopic (exact) mass is 316 g/mol. The summed E-state index contributed by atoms with van der Waals surface area (Å²) in [6.45, 7) is 2.23. The fraction of sp³-hybridized carbons (Fsp3) is 0.692. The summed E-state index contributed by atoms with van der Waals surface area (Å²) in [4.78, 5) is 2.43. The fourth-order valence-electron chi connectivity index (χ4n) is 2.74. The molecule has 0 spiro atoms. The van der Waals surface area contributed by atoms with Crippen LogP contribution in [0, 0.1) is 5.92 Å². The molecule has 0 saturated heterocycles. The van der Waals surface area contributed by atoms with Gasteiger partial charge in [0.05, 0.1) is 3.79 Å². The predicted molar refractivity (Wildman–Crippen MR) is 78.3 cm³/mol. The molecule has 0 amide bonds. The van der Waals surface area contributed by atoms with Crippen LogP contribution in [0.5, 0.6) is 0 Å². The van der Waals surface area contributed by atoms with Crippen LogP contribution >= 0.6 is 27.3 Å². The van der Waals surface area contributed by atoms with Crippen molar-refractivity contribution in [2.45, 2.75) is 38.3 Å². The quantitative estimate of drug-likeness (QED) is 0.921. The summed E-state index contributed by atoms with van der Waals surface area (Å²) < 4.78 is 1.22. The van der Waals surface area contributed by atoms with Crippen molar-refractivity contribution >= 4 is 27.3 Å². The summed E-state index contributed by atoms with van der Waals surface area (Å²) in [5.74, 6) is 0.797. The number of halogens is 1. The molecule has 0 radical (unpaired) electrons. The van der Waals surface area contributed by atoms with Gasteiger partial charge in [-0.15, -0.1) is 11.3 Å². The molecule has 1 aliphatic carbocycles. The number of nitrogens with zero attached hydrogens (tertiary/aromatic N) is 1. The Labute approximate surface area is 116 Å². The van der Waals surface area contributed by atoms with E-state index in [4.69, 9.17) is 5.73 Å². The van der Waals surface area contributed by atoms with Crippen LogP contribution < -0.4 is 5.73 Å². The maximum absolute atomic E-state index is 6.03. The Morgan fingerprint density at radius 1 is 1.53 bits per heavy atom. The summed E-state index contributed by atoms with van der Waals surface area (Å²) in [6, 6.07) is 2.66. The van der Waals surface area contributed by atoms with Gasteiger partial charge < -0.3 is 10.6 Å². The number of thiophene rings is 1. The smallest absolute Gasteiger partial charge is 0.0701 e. The average Bonchev–Trinajstić information content (AvgIpc) is 2.63. The van der Waals surface area contributed by atoms with E-state index in [1.165, 1.54) is 41.6 Å². The van der Waals surface area contributed by atoms with Gasteiger partial charge in [-0.05, 0) is 65.2 Å². The Hall–Kier alpha value is 0.1000. The minimum absolute atomic E-state index is 0.442. The molecule has 1 aromatic rings. The van der Waals surface area contributed by atoms with Gasteiger partial charge in [-0.3, -0.25) is 0 Å². The molecule has 0 aromatic carbocycles. The van der Waals surface area contributed by atoms with E-state index in [1.54, 1.807) is 11.3 Å². The molecular formula is C13H21BrN2S. The van der Waals surface area contributed by atoms with Crippen LogP contribution in [0.4, 0.5) is 0 Å². The highest BCUT2D eigenvalue weighted by molar-refractivity contribution is 9.11. The van der Waals surface area contributed by atoms with Crippen molar-refractivity contribution < 1.29 is 0 Å². The Kier molecular flexibility index (Phi) is 5.03.